The molecule has 0 aliphatic rings. The van der Waals surface area contributed by atoms with Gasteiger partial charge in [0, 0.05) is 0 Å². The smallest absolute Gasteiger partial charge is 0.280 e. The van der Waals surface area contributed by atoms with Crippen molar-refractivity contribution in [3.05, 3.63) is 82.8 Å². The molecule has 0 saturated carbocycles. The fourth-order valence-electron chi connectivity index (χ4n) is 2.69. The first-order valence-corrected chi connectivity index (χ1v) is 7.84. The van der Waals surface area contributed by atoms with Crippen molar-refractivity contribution in [2.45, 2.75) is 12.6 Å². The number of aliphatic hydroxyl groups is 1. The minimum absolute atomic E-state index is 0.0301. The van der Waals surface area contributed by atoms with E-state index in [2.05, 4.69) is 15.4 Å². The molecule has 25 heavy (non-hydrogen) atoms. The lowest BCUT2D eigenvalue weighted by Gasteiger charge is -2.11. The number of para-hydroxylation sites is 1. The molecule has 2 aromatic carbocycles. The van der Waals surface area contributed by atoms with E-state index in [4.69, 9.17) is 0 Å². The summed E-state index contributed by atoms with van der Waals surface area (Å²) in [5.74, 6) is 0. The average Bonchev–Trinajstić information content (AvgIpc) is 3.10. The fourth-order valence-corrected chi connectivity index (χ4v) is 2.69. The average molecular weight is 333 g/mol. The molecule has 7 heteroatoms. The van der Waals surface area contributed by atoms with Crippen LogP contribution in [-0.2, 0) is 6.54 Å². The first-order chi connectivity index (χ1) is 12.2. The molecule has 4 rings (SSSR count). The molecule has 0 amide bonds. The van der Waals surface area contributed by atoms with Crippen LogP contribution in [0, 0.1) is 0 Å². The standard InChI is InChI=1S/C18H15N5O2/c24-16(13-7-3-1-4-8-13)12-22-18(25)15-11-19-23(17(15)20-21-22)14-9-5-2-6-10-14/h1-11,16,24H,12H2. The lowest BCUT2D eigenvalue weighted by Crippen LogP contribution is -2.27. The Morgan fingerprint density at radius 2 is 1.68 bits per heavy atom. The van der Waals surface area contributed by atoms with Gasteiger partial charge in [0.05, 0.1) is 24.5 Å². The molecule has 0 saturated heterocycles. The van der Waals surface area contributed by atoms with Crippen LogP contribution < -0.4 is 5.56 Å². The van der Waals surface area contributed by atoms with E-state index in [-0.39, 0.29) is 12.1 Å². The van der Waals surface area contributed by atoms with Gasteiger partial charge < -0.3 is 5.11 Å². The molecule has 1 N–H and O–H groups in total. The summed E-state index contributed by atoms with van der Waals surface area (Å²) in [6.07, 6.45) is 0.639. The summed E-state index contributed by atoms with van der Waals surface area (Å²) in [6.45, 7) is 0.0301. The highest BCUT2D eigenvalue weighted by Gasteiger charge is 2.15. The van der Waals surface area contributed by atoms with Gasteiger partial charge in [-0.05, 0) is 17.7 Å². The maximum Gasteiger partial charge on any atom is 0.280 e. The summed E-state index contributed by atoms with van der Waals surface area (Å²) in [5.41, 5.74) is 1.58. The van der Waals surface area contributed by atoms with E-state index in [1.807, 2.05) is 48.5 Å². The van der Waals surface area contributed by atoms with E-state index in [1.54, 1.807) is 16.8 Å². The van der Waals surface area contributed by atoms with E-state index in [0.717, 1.165) is 15.9 Å². The predicted octanol–water partition coefficient (Wildman–Crippen LogP) is 1.71. The molecule has 0 bridgehead atoms. The Balaban J connectivity index is 1.71. The number of rotatable bonds is 4. The molecule has 0 aliphatic carbocycles. The summed E-state index contributed by atoms with van der Waals surface area (Å²) < 4.78 is 2.73. The van der Waals surface area contributed by atoms with Crippen molar-refractivity contribution in [1.82, 2.24) is 24.8 Å². The Hall–Kier alpha value is -3.32. The van der Waals surface area contributed by atoms with Crippen LogP contribution in [0.2, 0.25) is 0 Å². The van der Waals surface area contributed by atoms with Gasteiger partial charge >= 0.3 is 0 Å². The van der Waals surface area contributed by atoms with Crippen molar-refractivity contribution < 1.29 is 5.11 Å². The van der Waals surface area contributed by atoms with Gasteiger partial charge in [0.25, 0.3) is 5.56 Å². The monoisotopic (exact) mass is 333 g/mol. The third-order valence-corrected chi connectivity index (χ3v) is 3.99. The second-order valence-electron chi connectivity index (χ2n) is 5.63. The molecule has 0 aliphatic heterocycles. The molecule has 0 fully saturated rings. The first kappa shape index (κ1) is 15.2. The SMILES string of the molecule is O=c1c2cnn(-c3ccccc3)c2nnn1CC(O)c1ccccc1. The number of hydrogen-bond acceptors (Lipinski definition) is 5. The number of fused-ring (bicyclic) bond motifs is 1. The second kappa shape index (κ2) is 6.29. The maximum absolute atomic E-state index is 12.6. The minimum Gasteiger partial charge on any atom is -0.386 e. The Morgan fingerprint density at radius 1 is 1.00 bits per heavy atom. The van der Waals surface area contributed by atoms with E-state index in [1.165, 1.54) is 6.20 Å². The van der Waals surface area contributed by atoms with Crippen molar-refractivity contribution >= 4 is 11.0 Å². The van der Waals surface area contributed by atoms with Gasteiger partial charge in [-0.2, -0.15) is 5.10 Å². The van der Waals surface area contributed by atoms with Crippen LogP contribution in [0.1, 0.15) is 11.7 Å². The molecule has 0 radical (unpaired) electrons. The van der Waals surface area contributed by atoms with Crippen LogP contribution in [0.3, 0.4) is 0 Å². The van der Waals surface area contributed by atoms with Crippen LogP contribution in [0.4, 0.5) is 0 Å². The van der Waals surface area contributed by atoms with Crippen LogP contribution >= 0.6 is 0 Å². The van der Waals surface area contributed by atoms with Gasteiger partial charge in [0.1, 0.15) is 5.39 Å². The third kappa shape index (κ3) is 2.81. The van der Waals surface area contributed by atoms with E-state index in [9.17, 15) is 9.90 Å². The molecular formula is C18H15N5O2. The van der Waals surface area contributed by atoms with E-state index in [0.29, 0.717) is 11.0 Å². The maximum atomic E-state index is 12.6. The van der Waals surface area contributed by atoms with Gasteiger partial charge in [-0.15, -0.1) is 5.10 Å². The largest absolute Gasteiger partial charge is 0.386 e. The zero-order valence-corrected chi connectivity index (χ0v) is 13.2. The van der Waals surface area contributed by atoms with Crippen molar-refractivity contribution in [3.63, 3.8) is 0 Å². The molecule has 4 aromatic rings. The zero-order valence-electron chi connectivity index (χ0n) is 13.2. The van der Waals surface area contributed by atoms with E-state index < -0.39 is 6.10 Å². The van der Waals surface area contributed by atoms with Crippen LogP contribution in [0.25, 0.3) is 16.7 Å². The van der Waals surface area contributed by atoms with Gasteiger partial charge in [0.15, 0.2) is 5.65 Å². The minimum atomic E-state index is -0.838. The fraction of sp³-hybridized carbons (Fsp3) is 0.111. The second-order valence-corrected chi connectivity index (χ2v) is 5.63. The van der Waals surface area contributed by atoms with Gasteiger partial charge in [0.2, 0.25) is 0 Å². The summed E-state index contributed by atoms with van der Waals surface area (Å²) >= 11 is 0. The third-order valence-electron chi connectivity index (χ3n) is 3.99. The molecule has 7 nitrogen and oxygen atoms in total. The van der Waals surface area contributed by atoms with Gasteiger partial charge in [-0.25, -0.2) is 9.36 Å². The number of nitrogens with zero attached hydrogens (tertiary/aromatic N) is 5. The quantitative estimate of drug-likeness (QED) is 0.614. The van der Waals surface area contributed by atoms with E-state index >= 15 is 0 Å². The molecule has 2 aromatic heterocycles. The van der Waals surface area contributed by atoms with Crippen molar-refractivity contribution in [1.29, 1.82) is 0 Å². The van der Waals surface area contributed by atoms with Crippen LogP contribution in [-0.4, -0.2) is 29.9 Å². The Labute approximate surface area is 142 Å². The van der Waals surface area contributed by atoms with Gasteiger partial charge in [-0.3, -0.25) is 4.79 Å². The molecule has 0 spiro atoms. The first-order valence-electron chi connectivity index (χ1n) is 7.84. The topological polar surface area (TPSA) is 85.8 Å². The lowest BCUT2D eigenvalue weighted by atomic mass is 10.1. The lowest BCUT2D eigenvalue weighted by molar-refractivity contribution is 0.148. The molecule has 2 heterocycles. The zero-order chi connectivity index (χ0) is 17.2. The van der Waals surface area contributed by atoms with Crippen molar-refractivity contribution in [2.24, 2.45) is 0 Å². The normalized spacial score (nSPS) is 12.4. The number of benzene rings is 2. The Morgan fingerprint density at radius 3 is 2.40 bits per heavy atom. The Bertz CT molecular complexity index is 1060. The number of aliphatic hydroxyl groups excluding tert-OH is 1. The van der Waals surface area contributed by atoms with Crippen molar-refractivity contribution in [3.8, 4) is 5.69 Å². The van der Waals surface area contributed by atoms with Crippen LogP contribution in [0.15, 0.2) is 71.7 Å². The predicted molar refractivity (Wildman–Crippen MR) is 92.3 cm³/mol. The highest BCUT2D eigenvalue weighted by atomic mass is 16.3. The summed E-state index contributed by atoms with van der Waals surface area (Å²) in [6, 6.07) is 18.6. The number of hydrogen-bond donors (Lipinski definition) is 1. The molecular weight excluding hydrogens is 318 g/mol. The highest BCUT2D eigenvalue weighted by Crippen LogP contribution is 2.15. The van der Waals surface area contributed by atoms with Crippen LogP contribution in [0.5, 0.6) is 0 Å². The molecule has 1 atom stereocenters. The van der Waals surface area contributed by atoms with Crippen molar-refractivity contribution in [2.75, 3.05) is 0 Å². The Kier molecular flexibility index (Phi) is 3.83. The van der Waals surface area contributed by atoms with Gasteiger partial charge in [-0.1, -0.05) is 53.7 Å². The summed E-state index contributed by atoms with van der Waals surface area (Å²) in [4.78, 5) is 12.6. The molecule has 1 unspecified atom stereocenters. The summed E-state index contributed by atoms with van der Waals surface area (Å²) in [5, 5.41) is 23.0. The number of aromatic nitrogens is 5. The summed E-state index contributed by atoms with van der Waals surface area (Å²) in [7, 11) is 0. The highest BCUT2D eigenvalue weighted by molar-refractivity contribution is 5.74. The molecule has 124 valence electrons.